The number of anilines is 2. The maximum Gasteiger partial charge on any atom is 0.228 e. The highest BCUT2D eigenvalue weighted by atomic mass is 32.1. The zero-order chi connectivity index (χ0) is 13.8. The number of hydrogen-bond donors (Lipinski definition) is 1. The van der Waals surface area contributed by atoms with E-state index in [0.717, 1.165) is 42.6 Å². The summed E-state index contributed by atoms with van der Waals surface area (Å²) in [6, 6.07) is 5.67. The number of aromatic nitrogens is 2. The van der Waals surface area contributed by atoms with E-state index in [-0.39, 0.29) is 5.91 Å². The van der Waals surface area contributed by atoms with Gasteiger partial charge in [-0.2, -0.15) is 0 Å². The number of carbonyl (C=O) groups excluding carboxylic acids is 1. The lowest BCUT2D eigenvalue weighted by atomic mass is 10.3. The standard InChI is InChI=1S/C14H16N4OS/c19-13(18-7-3-4-8-18)9-11-10-20-14(16-11)17-12-5-1-2-6-15-12/h1-2,5-6,10H,3-4,7-9H2,(H,15,16,17). The summed E-state index contributed by atoms with van der Waals surface area (Å²) in [5.41, 5.74) is 0.824. The Morgan fingerprint density at radius 1 is 1.35 bits per heavy atom. The summed E-state index contributed by atoms with van der Waals surface area (Å²) < 4.78 is 0. The van der Waals surface area contributed by atoms with Crippen molar-refractivity contribution in [2.24, 2.45) is 0 Å². The molecule has 0 spiro atoms. The molecule has 1 saturated heterocycles. The van der Waals surface area contributed by atoms with E-state index in [1.807, 2.05) is 28.5 Å². The Morgan fingerprint density at radius 3 is 2.95 bits per heavy atom. The molecule has 3 rings (SSSR count). The number of likely N-dealkylation sites (tertiary alicyclic amines) is 1. The molecule has 0 bridgehead atoms. The summed E-state index contributed by atoms with van der Waals surface area (Å²) in [6.07, 6.45) is 4.36. The van der Waals surface area contributed by atoms with E-state index in [4.69, 9.17) is 0 Å². The molecule has 0 saturated carbocycles. The number of thiazole rings is 1. The van der Waals surface area contributed by atoms with E-state index < -0.39 is 0 Å². The smallest absolute Gasteiger partial charge is 0.228 e. The van der Waals surface area contributed by atoms with Gasteiger partial charge >= 0.3 is 0 Å². The van der Waals surface area contributed by atoms with Gasteiger partial charge in [-0.05, 0) is 25.0 Å². The van der Waals surface area contributed by atoms with E-state index in [9.17, 15) is 4.79 Å². The third-order valence-electron chi connectivity index (χ3n) is 3.24. The van der Waals surface area contributed by atoms with Crippen LogP contribution in [0.25, 0.3) is 0 Å². The van der Waals surface area contributed by atoms with Gasteiger partial charge in [0.05, 0.1) is 12.1 Å². The van der Waals surface area contributed by atoms with Crippen molar-refractivity contribution in [3.8, 4) is 0 Å². The van der Waals surface area contributed by atoms with Gasteiger partial charge in [-0.1, -0.05) is 6.07 Å². The summed E-state index contributed by atoms with van der Waals surface area (Å²) in [6.45, 7) is 1.78. The fourth-order valence-corrected chi connectivity index (χ4v) is 2.94. The lowest BCUT2D eigenvalue weighted by molar-refractivity contribution is -0.129. The third-order valence-corrected chi connectivity index (χ3v) is 4.05. The second-order valence-corrected chi connectivity index (χ2v) is 5.61. The molecular weight excluding hydrogens is 272 g/mol. The van der Waals surface area contributed by atoms with Crippen LogP contribution in [0.1, 0.15) is 18.5 Å². The minimum absolute atomic E-state index is 0.178. The van der Waals surface area contributed by atoms with Crippen LogP contribution in [0.15, 0.2) is 29.8 Å². The minimum atomic E-state index is 0.178. The van der Waals surface area contributed by atoms with Crippen LogP contribution in [-0.4, -0.2) is 33.9 Å². The van der Waals surface area contributed by atoms with Crippen LogP contribution >= 0.6 is 11.3 Å². The number of carbonyl (C=O) groups is 1. The van der Waals surface area contributed by atoms with Gasteiger partial charge in [-0.25, -0.2) is 9.97 Å². The van der Waals surface area contributed by atoms with E-state index in [1.165, 1.54) is 11.3 Å². The first-order valence-electron chi connectivity index (χ1n) is 6.71. The molecule has 3 heterocycles. The maximum absolute atomic E-state index is 12.0. The first-order valence-corrected chi connectivity index (χ1v) is 7.59. The van der Waals surface area contributed by atoms with Crippen LogP contribution in [0.4, 0.5) is 10.9 Å². The molecule has 2 aromatic rings. The summed E-state index contributed by atoms with van der Waals surface area (Å²) >= 11 is 1.50. The molecule has 1 aliphatic rings. The topological polar surface area (TPSA) is 58.1 Å². The number of amides is 1. The van der Waals surface area contributed by atoms with Crippen molar-refractivity contribution in [2.75, 3.05) is 18.4 Å². The first-order chi connectivity index (χ1) is 9.81. The second-order valence-electron chi connectivity index (χ2n) is 4.75. The lowest BCUT2D eigenvalue weighted by Gasteiger charge is -2.13. The molecule has 2 aromatic heterocycles. The van der Waals surface area contributed by atoms with Crippen LogP contribution in [0, 0.1) is 0 Å². The number of nitrogens with zero attached hydrogens (tertiary/aromatic N) is 3. The zero-order valence-corrected chi connectivity index (χ0v) is 11.9. The highest BCUT2D eigenvalue weighted by molar-refractivity contribution is 7.13. The van der Waals surface area contributed by atoms with Gasteiger partial charge in [0, 0.05) is 24.7 Å². The first kappa shape index (κ1) is 13.1. The summed E-state index contributed by atoms with van der Waals surface area (Å²) in [5.74, 6) is 0.941. The zero-order valence-electron chi connectivity index (χ0n) is 11.1. The van der Waals surface area contributed by atoms with Crippen molar-refractivity contribution in [3.63, 3.8) is 0 Å². The fourth-order valence-electron chi connectivity index (χ4n) is 2.23. The average Bonchev–Trinajstić information content (AvgIpc) is 3.11. The maximum atomic E-state index is 12.0. The van der Waals surface area contributed by atoms with Crippen LogP contribution in [0.5, 0.6) is 0 Å². The van der Waals surface area contributed by atoms with Crippen molar-refractivity contribution in [1.82, 2.24) is 14.9 Å². The van der Waals surface area contributed by atoms with Crippen LogP contribution < -0.4 is 5.32 Å². The van der Waals surface area contributed by atoms with Crippen molar-refractivity contribution in [3.05, 3.63) is 35.5 Å². The predicted molar refractivity (Wildman–Crippen MR) is 79.2 cm³/mol. The third kappa shape index (κ3) is 3.14. The van der Waals surface area contributed by atoms with E-state index >= 15 is 0 Å². The number of hydrogen-bond acceptors (Lipinski definition) is 5. The molecule has 0 unspecified atom stereocenters. The van der Waals surface area contributed by atoms with E-state index in [2.05, 4.69) is 15.3 Å². The van der Waals surface area contributed by atoms with Gasteiger partial charge in [0.2, 0.25) is 5.91 Å². The Hall–Kier alpha value is -1.95. The van der Waals surface area contributed by atoms with Gasteiger partial charge in [0.1, 0.15) is 5.82 Å². The molecule has 0 radical (unpaired) electrons. The van der Waals surface area contributed by atoms with Crippen molar-refractivity contribution in [2.45, 2.75) is 19.3 Å². The van der Waals surface area contributed by atoms with Gasteiger partial charge < -0.3 is 10.2 Å². The van der Waals surface area contributed by atoms with Gasteiger partial charge in [0.25, 0.3) is 0 Å². The quantitative estimate of drug-likeness (QED) is 0.939. The molecule has 6 heteroatoms. The van der Waals surface area contributed by atoms with Crippen LogP contribution in [0.3, 0.4) is 0 Å². The molecule has 1 fully saturated rings. The molecule has 20 heavy (non-hydrogen) atoms. The van der Waals surface area contributed by atoms with Gasteiger partial charge in [0.15, 0.2) is 5.13 Å². The van der Waals surface area contributed by atoms with E-state index in [0.29, 0.717) is 6.42 Å². The lowest BCUT2D eigenvalue weighted by Crippen LogP contribution is -2.29. The Bertz CT molecular complexity index is 578. The minimum Gasteiger partial charge on any atom is -0.342 e. The highest BCUT2D eigenvalue weighted by Gasteiger charge is 2.19. The Morgan fingerprint density at radius 2 is 2.20 bits per heavy atom. The van der Waals surface area contributed by atoms with Crippen LogP contribution in [0.2, 0.25) is 0 Å². The number of nitrogens with one attached hydrogen (secondary N) is 1. The molecule has 1 N–H and O–H groups in total. The normalized spacial score (nSPS) is 14.5. The monoisotopic (exact) mass is 288 g/mol. The van der Waals surface area contributed by atoms with Gasteiger partial charge in [-0.3, -0.25) is 4.79 Å². The van der Waals surface area contributed by atoms with Crippen LogP contribution in [-0.2, 0) is 11.2 Å². The number of pyridine rings is 1. The molecule has 1 aliphatic heterocycles. The summed E-state index contributed by atoms with van der Waals surface area (Å²) in [5, 5.41) is 5.84. The summed E-state index contributed by atoms with van der Waals surface area (Å²) in [4.78, 5) is 22.6. The van der Waals surface area contributed by atoms with Crippen molar-refractivity contribution >= 4 is 28.2 Å². The Kier molecular flexibility index (Phi) is 3.92. The highest BCUT2D eigenvalue weighted by Crippen LogP contribution is 2.20. The Balaban J connectivity index is 1.60. The molecule has 0 atom stereocenters. The molecular formula is C14H16N4OS. The van der Waals surface area contributed by atoms with Crippen molar-refractivity contribution < 1.29 is 4.79 Å². The SMILES string of the molecule is O=C(Cc1csc(Nc2ccccn2)n1)N1CCCC1. The second kappa shape index (κ2) is 6.00. The Labute approximate surface area is 121 Å². The molecule has 5 nitrogen and oxygen atoms in total. The molecule has 1 amide bonds. The van der Waals surface area contributed by atoms with Crippen molar-refractivity contribution in [1.29, 1.82) is 0 Å². The summed E-state index contributed by atoms with van der Waals surface area (Å²) in [7, 11) is 0. The van der Waals surface area contributed by atoms with Gasteiger partial charge in [-0.15, -0.1) is 11.3 Å². The largest absolute Gasteiger partial charge is 0.342 e. The predicted octanol–water partition coefficient (Wildman–Crippen LogP) is 2.45. The average molecular weight is 288 g/mol. The molecule has 0 aliphatic carbocycles. The molecule has 0 aromatic carbocycles. The molecule has 104 valence electrons. The fraction of sp³-hybridized carbons (Fsp3) is 0.357. The number of rotatable bonds is 4. The van der Waals surface area contributed by atoms with E-state index in [1.54, 1.807) is 6.20 Å².